The van der Waals surface area contributed by atoms with Crippen molar-refractivity contribution in [2.45, 2.75) is 277 Å². The number of ether oxygens (including phenoxy) is 2. The van der Waals surface area contributed by atoms with Gasteiger partial charge in [-0.2, -0.15) is 0 Å². The average molecular weight is 920 g/mol. The maximum Gasteiger partial charge on any atom is 0.306 e. The first-order valence-corrected chi connectivity index (χ1v) is 28.1. The molecule has 5 nitrogen and oxygen atoms in total. The molecular weight excluding hydrogens is 813 g/mol. The van der Waals surface area contributed by atoms with Crippen molar-refractivity contribution in [2.24, 2.45) is 0 Å². The Morgan fingerprint density at radius 1 is 0.364 bits per heavy atom. The second-order valence-electron chi connectivity index (χ2n) is 18.6. The van der Waals surface area contributed by atoms with E-state index in [1.54, 1.807) is 0 Å². The Bertz CT molecular complexity index is 1220. The number of carbonyl (C=O) groups is 2. The molecule has 66 heavy (non-hydrogen) atoms. The number of rotatable bonds is 51. The van der Waals surface area contributed by atoms with E-state index in [0.717, 1.165) is 83.5 Å². The maximum absolute atomic E-state index is 12.3. The number of hydrogen-bond donors (Lipinski definition) is 1. The number of unbranched alkanes of at least 4 members (excludes halogenated alkanes) is 29. The van der Waals surface area contributed by atoms with E-state index in [2.05, 4.69) is 98.9 Å². The highest BCUT2D eigenvalue weighted by Gasteiger charge is 2.16. The zero-order valence-corrected chi connectivity index (χ0v) is 43.4. The summed E-state index contributed by atoms with van der Waals surface area (Å²) in [5.74, 6) is -0.583. The van der Waals surface area contributed by atoms with Crippen LogP contribution in [0.5, 0.6) is 0 Å². The SMILES string of the molecule is CC/C=C\C/C=C\C/C=C\C/C=C\C/C=C\C/C=C\C/C=C\CCCCCCCCCCCCCCCC(=O)OC(CO)COC(=O)CCCCCCCCCCCCCCCCCCC. The fourth-order valence-corrected chi connectivity index (χ4v) is 8.01. The lowest BCUT2D eigenvalue weighted by Gasteiger charge is -2.15. The smallest absolute Gasteiger partial charge is 0.306 e. The molecule has 5 heteroatoms. The van der Waals surface area contributed by atoms with Crippen molar-refractivity contribution < 1.29 is 24.2 Å². The predicted molar refractivity (Wildman–Crippen MR) is 288 cm³/mol. The Hall–Kier alpha value is -2.92. The fourth-order valence-electron chi connectivity index (χ4n) is 8.01. The summed E-state index contributed by atoms with van der Waals surface area (Å²) in [5, 5.41) is 9.64. The first kappa shape index (κ1) is 63.1. The van der Waals surface area contributed by atoms with E-state index in [1.165, 1.54) is 161 Å². The van der Waals surface area contributed by atoms with E-state index in [9.17, 15) is 14.7 Å². The Morgan fingerprint density at radius 2 is 0.652 bits per heavy atom. The highest BCUT2D eigenvalue weighted by molar-refractivity contribution is 5.70. The van der Waals surface area contributed by atoms with E-state index < -0.39 is 6.10 Å². The zero-order valence-electron chi connectivity index (χ0n) is 43.4. The highest BCUT2D eigenvalue weighted by atomic mass is 16.6. The van der Waals surface area contributed by atoms with Gasteiger partial charge in [0.1, 0.15) is 6.61 Å². The van der Waals surface area contributed by atoms with Gasteiger partial charge in [0, 0.05) is 12.8 Å². The van der Waals surface area contributed by atoms with Crippen LogP contribution in [-0.2, 0) is 19.1 Å². The first-order chi connectivity index (χ1) is 32.6. The Kier molecular flexibility index (Phi) is 53.9. The molecule has 0 aliphatic rings. The van der Waals surface area contributed by atoms with Gasteiger partial charge in [-0.25, -0.2) is 0 Å². The van der Waals surface area contributed by atoms with Crippen LogP contribution in [0.1, 0.15) is 271 Å². The quantitative estimate of drug-likeness (QED) is 0.0374. The van der Waals surface area contributed by atoms with E-state index >= 15 is 0 Å². The molecule has 0 radical (unpaired) electrons. The molecule has 0 amide bonds. The van der Waals surface area contributed by atoms with Crippen LogP contribution < -0.4 is 0 Å². The Labute approximate surface area is 409 Å². The second kappa shape index (κ2) is 56.4. The van der Waals surface area contributed by atoms with Crippen LogP contribution in [0.15, 0.2) is 85.1 Å². The van der Waals surface area contributed by atoms with E-state index in [1.807, 2.05) is 0 Å². The first-order valence-electron chi connectivity index (χ1n) is 28.1. The molecule has 0 aromatic carbocycles. The lowest BCUT2D eigenvalue weighted by Crippen LogP contribution is -2.28. The molecule has 0 saturated carbocycles. The van der Waals surface area contributed by atoms with Crippen molar-refractivity contribution in [3.05, 3.63) is 85.1 Å². The van der Waals surface area contributed by atoms with Crippen molar-refractivity contribution in [3.63, 3.8) is 0 Å². The normalized spacial score (nSPS) is 12.8. The second-order valence-corrected chi connectivity index (χ2v) is 18.6. The Morgan fingerprint density at radius 3 is 0.985 bits per heavy atom. The van der Waals surface area contributed by atoms with Crippen LogP contribution >= 0.6 is 0 Å². The van der Waals surface area contributed by atoms with Gasteiger partial charge >= 0.3 is 11.9 Å². The third kappa shape index (κ3) is 53.7. The van der Waals surface area contributed by atoms with Crippen molar-refractivity contribution >= 4 is 11.9 Å². The van der Waals surface area contributed by atoms with E-state index in [0.29, 0.717) is 12.8 Å². The van der Waals surface area contributed by atoms with Gasteiger partial charge in [0.2, 0.25) is 0 Å². The lowest BCUT2D eigenvalue weighted by molar-refractivity contribution is -0.161. The van der Waals surface area contributed by atoms with Gasteiger partial charge < -0.3 is 14.6 Å². The lowest BCUT2D eigenvalue weighted by atomic mass is 10.0. The summed E-state index contributed by atoms with van der Waals surface area (Å²) < 4.78 is 10.7. The summed E-state index contributed by atoms with van der Waals surface area (Å²) in [6.07, 6.45) is 78.4. The van der Waals surface area contributed by atoms with Crippen molar-refractivity contribution in [2.75, 3.05) is 13.2 Å². The molecule has 380 valence electrons. The molecule has 0 fully saturated rings. The minimum Gasteiger partial charge on any atom is -0.462 e. The van der Waals surface area contributed by atoms with Crippen molar-refractivity contribution in [3.8, 4) is 0 Å². The van der Waals surface area contributed by atoms with Crippen LogP contribution in [0.3, 0.4) is 0 Å². The largest absolute Gasteiger partial charge is 0.462 e. The molecule has 0 aromatic rings. The molecule has 1 N–H and O–H groups in total. The molecule has 0 aliphatic carbocycles. The number of hydrogen-bond acceptors (Lipinski definition) is 5. The monoisotopic (exact) mass is 919 g/mol. The third-order valence-corrected chi connectivity index (χ3v) is 12.2. The number of allylic oxidation sites excluding steroid dienone is 14. The topological polar surface area (TPSA) is 72.8 Å². The summed E-state index contributed by atoms with van der Waals surface area (Å²) in [5.41, 5.74) is 0. The summed E-state index contributed by atoms with van der Waals surface area (Å²) in [6, 6.07) is 0. The van der Waals surface area contributed by atoms with Gasteiger partial charge in [-0.3, -0.25) is 9.59 Å². The van der Waals surface area contributed by atoms with Gasteiger partial charge in [-0.05, 0) is 70.6 Å². The molecule has 0 heterocycles. The van der Waals surface area contributed by atoms with Crippen LogP contribution in [-0.4, -0.2) is 36.4 Å². The fraction of sp³-hybridized carbons (Fsp3) is 0.738. The molecule has 1 atom stereocenters. The highest BCUT2D eigenvalue weighted by Crippen LogP contribution is 2.16. The van der Waals surface area contributed by atoms with Crippen LogP contribution in [0, 0.1) is 0 Å². The molecule has 1 unspecified atom stereocenters. The molecule has 0 saturated heterocycles. The van der Waals surface area contributed by atoms with Gasteiger partial charge in [0.15, 0.2) is 6.10 Å². The molecule has 0 aliphatic heterocycles. The van der Waals surface area contributed by atoms with Crippen molar-refractivity contribution in [1.29, 1.82) is 0 Å². The number of aliphatic hydroxyl groups is 1. The van der Waals surface area contributed by atoms with E-state index in [4.69, 9.17) is 9.47 Å². The third-order valence-electron chi connectivity index (χ3n) is 12.2. The zero-order chi connectivity index (χ0) is 47.7. The molecule has 0 bridgehead atoms. The molecule has 0 aromatic heterocycles. The van der Waals surface area contributed by atoms with Gasteiger partial charge in [-0.15, -0.1) is 0 Å². The van der Waals surface area contributed by atoms with Gasteiger partial charge in [-0.1, -0.05) is 272 Å². The molecule has 0 rings (SSSR count). The van der Waals surface area contributed by atoms with Crippen molar-refractivity contribution in [1.82, 2.24) is 0 Å². The molecule has 0 spiro atoms. The predicted octanol–water partition coefficient (Wildman–Crippen LogP) is 19.0. The van der Waals surface area contributed by atoms with Crippen LogP contribution in [0.2, 0.25) is 0 Å². The number of aliphatic hydroxyl groups excluding tert-OH is 1. The maximum atomic E-state index is 12.3. The van der Waals surface area contributed by atoms with Gasteiger partial charge in [0.05, 0.1) is 6.61 Å². The van der Waals surface area contributed by atoms with Gasteiger partial charge in [0.25, 0.3) is 0 Å². The Balaban J connectivity index is 3.50. The summed E-state index contributed by atoms with van der Waals surface area (Å²) >= 11 is 0. The number of esters is 2. The van der Waals surface area contributed by atoms with Crippen LogP contribution in [0.25, 0.3) is 0 Å². The standard InChI is InChI=1S/C61H106O5/c1-3-5-7-9-11-13-15-17-19-21-22-23-24-25-26-27-28-29-30-31-32-33-34-35-36-37-38-40-42-44-46-48-50-52-54-56-61(64)66-59(57-62)58-65-60(63)55-53-51-49-47-45-43-41-39-20-18-16-14-12-10-8-6-4-2/h5,7,11,13,17,19,22-23,25-26,28-29,31-32,59,62H,3-4,6,8-10,12,14-16,18,20-21,24,27,30,33-58H2,1-2H3/b7-5-,13-11-,19-17-,23-22-,26-25-,29-28-,32-31-. The summed E-state index contributed by atoms with van der Waals surface area (Å²) in [7, 11) is 0. The minimum atomic E-state index is -0.774. The minimum absolute atomic E-state index is 0.0650. The average Bonchev–Trinajstić information content (AvgIpc) is 3.32. The van der Waals surface area contributed by atoms with E-state index in [-0.39, 0.29) is 25.2 Å². The molecular formula is C61H106O5. The summed E-state index contributed by atoms with van der Waals surface area (Å²) in [6.45, 7) is 4.05. The number of carbonyl (C=O) groups excluding carboxylic acids is 2. The van der Waals surface area contributed by atoms with Crippen LogP contribution in [0.4, 0.5) is 0 Å². The summed E-state index contributed by atoms with van der Waals surface area (Å²) in [4.78, 5) is 24.5.